The number of hydrogen-bond acceptors (Lipinski definition) is 2. The van der Waals surface area contributed by atoms with Crippen LogP contribution < -0.4 is 5.32 Å². The van der Waals surface area contributed by atoms with Crippen LogP contribution in [0.2, 0.25) is 0 Å². The van der Waals surface area contributed by atoms with E-state index in [1.807, 2.05) is 11.8 Å². The van der Waals surface area contributed by atoms with E-state index in [1.165, 1.54) is 0 Å². The maximum Gasteiger partial charge on any atom is 0.0225 e. The van der Waals surface area contributed by atoms with E-state index >= 15 is 0 Å². The molecule has 0 heterocycles. The van der Waals surface area contributed by atoms with E-state index in [0.29, 0.717) is 4.75 Å². The zero-order valence-electron chi connectivity index (χ0n) is 6.82. The van der Waals surface area contributed by atoms with E-state index in [4.69, 9.17) is 0 Å². The third-order valence-corrected chi connectivity index (χ3v) is 2.60. The lowest BCUT2D eigenvalue weighted by Crippen LogP contribution is -2.31. The summed E-state index contributed by atoms with van der Waals surface area (Å²) >= 11 is 1.90. The molecular formula is C7H17NS. The molecule has 0 aromatic carbocycles. The van der Waals surface area contributed by atoms with Gasteiger partial charge >= 0.3 is 0 Å². The van der Waals surface area contributed by atoms with Crippen LogP contribution in [0.1, 0.15) is 20.8 Å². The maximum absolute atomic E-state index is 3.32. The summed E-state index contributed by atoms with van der Waals surface area (Å²) in [6, 6.07) is 0. The van der Waals surface area contributed by atoms with E-state index in [0.717, 1.165) is 13.1 Å². The molecule has 0 aliphatic rings. The highest BCUT2D eigenvalue weighted by Crippen LogP contribution is 2.19. The molecule has 0 aromatic rings. The molecule has 2 heteroatoms. The lowest BCUT2D eigenvalue weighted by atomic mass is 10.2. The van der Waals surface area contributed by atoms with Gasteiger partial charge in [0.2, 0.25) is 0 Å². The Morgan fingerprint density at radius 3 is 2.33 bits per heavy atom. The quantitative estimate of drug-likeness (QED) is 0.650. The first kappa shape index (κ1) is 9.31. The fourth-order valence-corrected chi connectivity index (χ4v) is 0.745. The minimum atomic E-state index is 0.399. The number of nitrogens with one attached hydrogen (secondary N) is 1. The van der Waals surface area contributed by atoms with Crippen molar-refractivity contribution in [1.82, 2.24) is 5.32 Å². The maximum atomic E-state index is 3.32. The Balaban J connectivity index is 3.33. The van der Waals surface area contributed by atoms with Crippen LogP contribution in [0.3, 0.4) is 0 Å². The van der Waals surface area contributed by atoms with Gasteiger partial charge in [0.25, 0.3) is 0 Å². The van der Waals surface area contributed by atoms with Crippen molar-refractivity contribution >= 4 is 11.8 Å². The Kier molecular flexibility index (Phi) is 4.32. The van der Waals surface area contributed by atoms with E-state index < -0.39 is 0 Å². The van der Waals surface area contributed by atoms with Crippen molar-refractivity contribution in [3.63, 3.8) is 0 Å². The summed E-state index contributed by atoms with van der Waals surface area (Å²) in [5.41, 5.74) is 0. The van der Waals surface area contributed by atoms with Crippen molar-refractivity contribution in [3.8, 4) is 0 Å². The van der Waals surface area contributed by atoms with Crippen LogP contribution in [0, 0.1) is 0 Å². The zero-order valence-corrected chi connectivity index (χ0v) is 7.64. The summed E-state index contributed by atoms with van der Waals surface area (Å²) < 4.78 is 0.399. The number of hydrogen-bond donors (Lipinski definition) is 1. The van der Waals surface area contributed by atoms with Crippen LogP contribution in [0.5, 0.6) is 0 Å². The van der Waals surface area contributed by atoms with Gasteiger partial charge in [-0.15, -0.1) is 0 Å². The van der Waals surface area contributed by atoms with E-state index in [-0.39, 0.29) is 0 Å². The summed E-state index contributed by atoms with van der Waals surface area (Å²) in [6.45, 7) is 8.81. The summed E-state index contributed by atoms with van der Waals surface area (Å²) in [7, 11) is 0. The second-order valence-corrected chi connectivity index (χ2v) is 4.26. The molecule has 0 rings (SSSR count). The summed E-state index contributed by atoms with van der Waals surface area (Å²) in [4.78, 5) is 0. The largest absolute Gasteiger partial charge is 0.316 e. The summed E-state index contributed by atoms with van der Waals surface area (Å²) in [6.07, 6.45) is 2.15. The van der Waals surface area contributed by atoms with Gasteiger partial charge in [-0.3, -0.25) is 0 Å². The monoisotopic (exact) mass is 147 g/mol. The molecule has 0 saturated heterocycles. The third kappa shape index (κ3) is 4.79. The van der Waals surface area contributed by atoms with Crippen molar-refractivity contribution < 1.29 is 0 Å². The van der Waals surface area contributed by atoms with Crippen molar-refractivity contribution in [2.45, 2.75) is 25.5 Å². The Hall–Kier alpha value is 0.310. The number of rotatable bonds is 4. The van der Waals surface area contributed by atoms with Gasteiger partial charge in [-0.05, 0) is 26.6 Å². The molecule has 0 amide bonds. The normalized spacial score (nSPS) is 12.0. The van der Waals surface area contributed by atoms with Crippen molar-refractivity contribution in [1.29, 1.82) is 0 Å². The lowest BCUT2D eigenvalue weighted by molar-refractivity contribution is 0.608. The Morgan fingerprint density at radius 2 is 2.00 bits per heavy atom. The second-order valence-electron chi connectivity index (χ2n) is 2.74. The topological polar surface area (TPSA) is 12.0 Å². The molecule has 0 atom stereocenters. The summed E-state index contributed by atoms with van der Waals surface area (Å²) in [5, 5.41) is 3.32. The van der Waals surface area contributed by atoms with Crippen molar-refractivity contribution in [2.24, 2.45) is 0 Å². The fourth-order valence-electron chi connectivity index (χ4n) is 0.498. The second kappa shape index (κ2) is 4.18. The van der Waals surface area contributed by atoms with Gasteiger partial charge in [0, 0.05) is 11.3 Å². The molecule has 1 N–H and O–H groups in total. The van der Waals surface area contributed by atoms with E-state index in [2.05, 4.69) is 32.3 Å². The predicted molar refractivity (Wildman–Crippen MR) is 46.1 cm³/mol. The van der Waals surface area contributed by atoms with Crippen LogP contribution in [0.4, 0.5) is 0 Å². The van der Waals surface area contributed by atoms with Gasteiger partial charge in [0.1, 0.15) is 0 Å². The zero-order chi connectivity index (χ0) is 7.33. The minimum absolute atomic E-state index is 0.399. The first-order chi connectivity index (χ1) is 4.12. The predicted octanol–water partition coefficient (Wildman–Crippen LogP) is 1.74. The van der Waals surface area contributed by atoms with Crippen LogP contribution in [-0.2, 0) is 0 Å². The SMILES string of the molecule is CCNCC(C)(C)SC. The van der Waals surface area contributed by atoms with Crippen molar-refractivity contribution in [2.75, 3.05) is 19.3 Å². The highest BCUT2D eigenvalue weighted by atomic mass is 32.2. The van der Waals surface area contributed by atoms with Crippen LogP contribution >= 0.6 is 11.8 Å². The van der Waals surface area contributed by atoms with Gasteiger partial charge in [0.15, 0.2) is 0 Å². The van der Waals surface area contributed by atoms with Gasteiger partial charge < -0.3 is 5.32 Å². The summed E-state index contributed by atoms with van der Waals surface area (Å²) in [5.74, 6) is 0. The minimum Gasteiger partial charge on any atom is -0.316 e. The molecule has 0 aliphatic carbocycles. The molecule has 0 saturated carbocycles. The molecule has 0 spiro atoms. The van der Waals surface area contributed by atoms with Gasteiger partial charge in [-0.2, -0.15) is 11.8 Å². The molecular weight excluding hydrogens is 130 g/mol. The molecule has 0 bridgehead atoms. The highest BCUT2D eigenvalue weighted by Gasteiger charge is 2.13. The average molecular weight is 147 g/mol. The van der Waals surface area contributed by atoms with Gasteiger partial charge in [-0.1, -0.05) is 6.92 Å². The van der Waals surface area contributed by atoms with Crippen LogP contribution in [0.15, 0.2) is 0 Å². The number of thioether (sulfide) groups is 1. The Morgan fingerprint density at radius 1 is 1.44 bits per heavy atom. The Labute approximate surface area is 62.6 Å². The van der Waals surface area contributed by atoms with E-state index in [9.17, 15) is 0 Å². The lowest BCUT2D eigenvalue weighted by Gasteiger charge is -2.21. The first-order valence-corrected chi connectivity index (χ1v) is 4.60. The molecule has 0 fully saturated rings. The first-order valence-electron chi connectivity index (χ1n) is 3.38. The van der Waals surface area contributed by atoms with Crippen LogP contribution in [-0.4, -0.2) is 24.1 Å². The molecule has 0 radical (unpaired) electrons. The van der Waals surface area contributed by atoms with Gasteiger partial charge in [-0.25, -0.2) is 0 Å². The highest BCUT2D eigenvalue weighted by molar-refractivity contribution is 7.99. The van der Waals surface area contributed by atoms with E-state index in [1.54, 1.807) is 0 Å². The van der Waals surface area contributed by atoms with Crippen molar-refractivity contribution in [3.05, 3.63) is 0 Å². The third-order valence-electron chi connectivity index (χ3n) is 1.35. The van der Waals surface area contributed by atoms with Gasteiger partial charge in [0.05, 0.1) is 0 Å². The Bertz CT molecular complexity index is 71.3. The molecule has 0 aliphatic heterocycles. The molecule has 9 heavy (non-hydrogen) atoms. The molecule has 56 valence electrons. The fraction of sp³-hybridized carbons (Fsp3) is 1.00. The molecule has 0 aromatic heterocycles. The average Bonchev–Trinajstić information content (AvgIpc) is 1.84. The smallest absolute Gasteiger partial charge is 0.0225 e. The standard InChI is InChI=1S/C7H17NS/c1-5-8-6-7(2,3)9-4/h8H,5-6H2,1-4H3. The molecule has 1 nitrogen and oxygen atoms in total. The van der Waals surface area contributed by atoms with Crippen LogP contribution in [0.25, 0.3) is 0 Å². The molecule has 0 unspecified atom stereocenters.